The molecule has 4 rings (SSSR count). The van der Waals surface area contributed by atoms with Gasteiger partial charge in [0, 0.05) is 30.5 Å². The molecule has 108 valence electrons. The molecule has 2 heterocycles. The van der Waals surface area contributed by atoms with Crippen molar-refractivity contribution in [3.63, 3.8) is 0 Å². The van der Waals surface area contributed by atoms with Gasteiger partial charge in [0.05, 0.1) is 6.10 Å². The lowest BCUT2D eigenvalue weighted by Crippen LogP contribution is -2.65. The zero-order chi connectivity index (χ0) is 13.7. The number of fused-ring (bicyclic) bond motifs is 2. The molecule has 0 spiro atoms. The predicted octanol–water partition coefficient (Wildman–Crippen LogP) is 2.32. The number of benzene rings is 1. The van der Waals surface area contributed by atoms with Crippen molar-refractivity contribution >= 4 is 0 Å². The lowest BCUT2D eigenvalue weighted by molar-refractivity contribution is -0.113. The van der Waals surface area contributed by atoms with Crippen molar-refractivity contribution < 1.29 is 14.2 Å². The van der Waals surface area contributed by atoms with Crippen LogP contribution in [0.3, 0.4) is 0 Å². The van der Waals surface area contributed by atoms with E-state index in [4.69, 9.17) is 14.2 Å². The van der Waals surface area contributed by atoms with E-state index in [1.165, 1.54) is 12.0 Å². The standard InChI is InChI=1S/C16H21NO3/c1-16(2)14(11-5-6-18-15(11)16)17-8-10-3-4-12-13(7-10)20-9-19-12/h3-4,7,11,14-15,17H,5-6,8-9H2,1-2H3. The van der Waals surface area contributed by atoms with E-state index in [0.29, 0.717) is 24.9 Å². The molecular weight excluding hydrogens is 254 g/mol. The molecule has 0 radical (unpaired) electrons. The summed E-state index contributed by atoms with van der Waals surface area (Å²) < 4.78 is 16.6. The Balaban J connectivity index is 1.43. The minimum atomic E-state index is 0.234. The first-order chi connectivity index (χ1) is 9.66. The van der Waals surface area contributed by atoms with Crippen LogP contribution in [0.1, 0.15) is 25.8 Å². The topological polar surface area (TPSA) is 39.7 Å². The maximum atomic E-state index is 5.83. The minimum Gasteiger partial charge on any atom is -0.454 e. The number of rotatable bonds is 3. The molecule has 0 bridgehead atoms. The second kappa shape index (κ2) is 4.37. The van der Waals surface area contributed by atoms with Crippen LogP contribution < -0.4 is 14.8 Å². The quantitative estimate of drug-likeness (QED) is 0.919. The molecule has 1 saturated carbocycles. The maximum absolute atomic E-state index is 5.83. The highest BCUT2D eigenvalue weighted by atomic mass is 16.7. The molecule has 4 nitrogen and oxygen atoms in total. The van der Waals surface area contributed by atoms with Crippen LogP contribution in [0.2, 0.25) is 0 Å². The summed E-state index contributed by atoms with van der Waals surface area (Å²) in [6.07, 6.45) is 1.63. The average molecular weight is 275 g/mol. The van der Waals surface area contributed by atoms with Crippen molar-refractivity contribution in [1.82, 2.24) is 5.32 Å². The Morgan fingerprint density at radius 2 is 2.10 bits per heavy atom. The van der Waals surface area contributed by atoms with Gasteiger partial charge in [0.2, 0.25) is 6.79 Å². The van der Waals surface area contributed by atoms with E-state index < -0.39 is 0 Å². The molecule has 3 atom stereocenters. The molecule has 1 aromatic carbocycles. The summed E-state index contributed by atoms with van der Waals surface area (Å²) in [5.41, 5.74) is 1.48. The van der Waals surface area contributed by atoms with Gasteiger partial charge in [-0.2, -0.15) is 0 Å². The van der Waals surface area contributed by atoms with Gasteiger partial charge in [-0.1, -0.05) is 19.9 Å². The lowest BCUT2D eigenvalue weighted by atomic mass is 9.57. The Hall–Kier alpha value is -1.26. The third-order valence-electron chi connectivity index (χ3n) is 5.06. The van der Waals surface area contributed by atoms with Gasteiger partial charge >= 0.3 is 0 Å². The normalized spacial score (nSPS) is 32.8. The van der Waals surface area contributed by atoms with Crippen LogP contribution in [-0.2, 0) is 11.3 Å². The lowest BCUT2D eigenvalue weighted by Gasteiger charge is -2.55. The van der Waals surface area contributed by atoms with Gasteiger partial charge in [0.15, 0.2) is 11.5 Å². The zero-order valence-corrected chi connectivity index (χ0v) is 12.0. The molecule has 0 aromatic heterocycles. The molecule has 20 heavy (non-hydrogen) atoms. The number of hydrogen-bond donors (Lipinski definition) is 1. The minimum absolute atomic E-state index is 0.234. The molecule has 4 heteroatoms. The molecule has 3 unspecified atom stereocenters. The Bertz CT molecular complexity index is 528. The molecule has 1 saturated heterocycles. The molecule has 1 aromatic rings. The second-order valence-corrected chi connectivity index (χ2v) is 6.61. The number of nitrogens with one attached hydrogen (secondary N) is 1. The van der Waals surface area contributed by atoms with E-state index >= 15 is 0 Å². The molecule has 1 N–H and O–H groups in total. The summed E-state index contributed by atoms with van der Waals surface area (Å²) >= 11 is 0. The second-order valence-electron chi connectivity index (χ2n) is 6.61. The summed E-state index contributed by atoms with van der Waals surface area (Å²) in [6, 6.07) is 6.71. The molecule has 3 aliphatic rings. The highest BCUT2D eigenvalue weighted by Crippen LogP contribution is 2.52. The van der Waals surface area contributed by atoms with Crippen molar-refractivity contribution in [2.45, 2.75) is 39.0 Å². The van der Waals surface area contributed by atoms with Gasteiger partial charge in [0.25, 0.3) is 0 Å². The molecular formula is C16H21NO3. The van der Waals surface area contributed by atoms with E-state index in [1.807, 2.05) is 6.07 Å². The Morgan fingerprint density at radius 3 is 3.00 bits per heavy atom. The summed E-state index contributed by atoms with van der Waals surface area (Å²) in [4.78, 5) is 0. The van der Waals surface area contributed by atoms with Gasteiger partial charge in [-0.05, 0) is 24.1 Å². The average Bonchev–Trinajstić information content (AvgIpc) is 3.05. The van der Waals surface area contributed by atoms with Crippen molar-refractivity contribution in [3.8, 4) is 11.5 Å². The van der Waals surface area contributed by atoms with Crippen LogP contribution in [0.25, 0.3) is 0 Å². The van der Waals surface area contributed by atoms with Crippen molar-refractivity contribution in [2.75, 3.05) is 13.4 Å². The highest BCUT2D eigenvalue weighted by molar-refractivity contribution is 5.44. The van der Waals surface area contributed by atoms with E-state index in [1.54, 1.807) is 0 Å². The molecule has 0 amide bonds. The highest BCUT2D eigenvalue weighted by Gasteiger charge is 2.58. The van der Waals surface area contributed by atoms with E-state index in [2.05, 4.69) is 31.3 Å². The van der Waals surface area contributed by atoms with Crippen LogP contribution in [0.5, 0.6) is 11.5 Å². The number of ether oxygens (including phenoxy) is 3. The first-order valence-corrected chi connectivity index (χ1v) is 7.40. The number of hydrogen-bond acceptors (Lipinski definition) is 4. The van der Waals surface area contributed by atoms with Crippen molar-refractivity contribution in [3.05, 3.63) is 23.8 Å². The van der Waals surface area contributed by atoms with Crippen molar-refractivity contribution in [1.29, 1.82) is 0 Å². The van der Waals surface area contributed by atoms with Crippen LogP contribution in [0.4, 0.5) is 0 Å². The Morgan fingerprint density at radius 1 is 1.25 bits per heavy atom. The molecule has 2 fully saturated rings. The van der Waals surface area contributed by atoms with Gasteiger partial charge in [-0.25, -0.2) is 0 Å². The fourth-order valence-corrected chi connectivity index (χ4v) is 4.02. The van der Waals surface area contributed by atoms with E-state index in [0.717, 1.165) is 24.7 Å². The van der Waals surface area contributed by atoms with Crippen molar-refractivity contribution in [2.24, 2.45) is 11.3 Å². The first-order valence-electron chi connectivity index (χ1n) is 7.40. The SMILES string of the molecule is CC1(C)C(NCc2ccc3c(c2)OCO3)C2CCOC21. The third kappa shape index (κ3) is 1.75. The van der Waals surface area contributed by atoms with Crippen LogP contribution in [-0.4, -0.2) is 25.5 Å². The summed E-state index contributed by atoms with van der Waals surface area (Å²) in [5.74, 6) is 2.39. The van der Waals surface area contributed by atoms with E-state index in [9.17, 15) is 0 Å². The van der Waals surface area contributed by atoms with Gasteiger partial charge in [-0.15, -0.1) is 0 Å². The zero-order valence-electron chi connectivity index (χ0n) is 12.0. The van der Waals surface area contributed by atoms with Gasteiger partial charge < -0.3 is 19.5 Å². The third-order valence-corrected chi connectivity index (χ3v) is 5.06. The van der Waals surface area contributed by atoms with Gasteiger partial charge in [-0.3, -0.25) is 0 Å². The van der Waals surface area contributed by atoms with Gasteiger partial charge in [0.1, 0.15) is 0 Å². The monoisotopic (exact) mass is 275 g/mol. The summed E-state index contributed by atoms with van der Waals surface area (Å²) in [5, 5.41) is 3.71. The summed E-state index contributed by atoms with van der Waals surface area (Å²) in [7, 11) is 0. The predicted molar refractivity (Wildman–Crippen MR) is 74.8 cm³/mol. The maximum Gasteiger partial charge on any atom is 0.231 e. The fourth-order valence-electron chi connectivity index (χ4n) is 4.02. The fraction of sp³-hybridized carbons (Fsp3) is 0.625. The Kier molecular flexibility index (Phi) is 2.72. The largest absolute Gasteiger partial charge is 0.454 e. The van der Waals surface area contributed by atoms with Crippen LogP contribution in [0.15, 0.2) is 18.2 Å². The first kappa shape index (κ1) is 12.5. The summed E-state index contributed by atoms with van der Waals surface area (Å²) in [6.45, 7) is 6.73. The van der Waals surface area contributed by atoms with Crippen LogP contribution >= 0.6 is 0 Å². The molecule has 1 aliphatic carbocycles. The smallest absolute Gasteiger partial charge is 0.231 e. The van der Waals surface area contributed by atoms with Crippen LogP contribution in [0, 0.1) is 11.3 Å². The Labute approximate surface area is 119 Å². The molecule has 2 aliphatic heterocycles. The van der Waals surface area contributed by atoms with E-state index in [-0.39, 0.29) is 5.41 Å².